The number of hydrogen-bond acceptors (Lipinski definition) is 3. The largest absolute Gasteiger partial charge is 0.393 e. The van der Waals surface area contributed by atoms with E-state index in [1.165, 1.54) is 0 Å². The van der Waals surface area contributed by atoms with E-state index >= 15 is 0 Å². The van der Waals surface area contributed by atoms with E-state index in [4.69, 9.17) is 4.74 Å². The van der Waals surface area contributed by atoms with E-state index in [-0.39, 0.29) is 6.10 Å². The van der Waals surface area contributed by atoms with Gasteiger partial charge in [0.2, 0.25) is 0 Å². The molecule has 1 heterocycles. The van der Waals surface area contributed by atoms with E-state index in [0.717, 1.165) is 12.0 Å². The van der Waals surface area contributed by atoms with Crippen molar-refractivity contribution >= 4 is 0 Å². The first-order chi connectivity index (χ1) is 7.11. The van der Waals surface area contributed by atoms with Crippen molar-refractivity contribution in [1.82, 2.24) is 9.78 Å². The molecule has 0 saturated carbocycles. The van der Waals surface area contributed by atoms with Crippen LogP contribution in [-0.2, 0) is 18.2 Å². The summed E-state index contributed by atoms with van der Waals surface area (Å²) in [4.78, 5) is 0. The minimum absolute atomic E-state index is 0.306. The Hall–Kier alpha value is -0.870. The van der Waals surface area contributed by atoms with Gasteiger partial charge in [-0.1, -0.05) is 6.92 Å². The predicted octanol–water partition coefficient (Wildman–Crippen LogP) is 0.996. The Labute approximate surface area is 90.9 Å². The summed E-state index contributed by atoms with van der Waals surface area (Å²) in [6, 6.07) is 0. The van der Waals surface area contributed by atoms with Gasteiger partial charge < -0.3 is 9.84 Å². The Morgan fingerprint density at radius 3 is 2.87 bits per heavy atom. The van der Waals surface area contributed by atoms with Crippen molar-refractivity contribution < 1.29 is 9.84 Å². The highest BCUT2D eigenvalue weighted by atomic mass is 16.5. The van der Waals surface area contributed by atoms with Crippen LogP contribution in [0.3, 0.4) is 0 Å². The maximum Gasteiger partial charge on any atom is 0.0585 e. The van der Waals surface area contributed by atoms with Crippen LogP contribution in [0.2, 0.25) is 0 Å². The summed E-state index contributed by atoms with van der Waals surface area (Å²) in [7, 11) is 3.56. The molecule has 86 valence electrons. The first-order valence-electron chi connectivity index (χ1n) is 5.26. The molecule has 0 aromatic carbocycles. The molecule has 0 aliphatic heterocycles. The van der Waals surface area contributed by atoms with Crippen LogP contribution in [0, 0.1) is 5.92 Å². The number of hydrogen-bond donors (Lipinski definition) is 1. The number of aromatic nitrogens is 2. The number of methoxy groups -OCH3 is 1. The highest BCUT2D eigenvalue weighted by Crippen LogP contribution is 2.11. The fourth-order valence-electron chi connectivity index (χ4n) is 1.75. The lowest BCUT2D eigenvalue weighted by Crippen LogP contribution is -2.17. The van der Waals surface area contributed by atoms with Crippen molar-refractivity contribution in [3.8, 4) is 0 Å². The Morgan fingerprint density at radius 2 is 2.33 bits per heavy atom. The highest BCUT2D eigenvalue weighted by Gasteiger charge is 2.11. The fourth-order valence-corrected chi connectivity index (χ4v) is 1.75. The van der Waals surface area contributed by atoms with Crippen LogP contribution in [0.15, 0.2) is 12.4 Å². The Bertz CT molecular complexity index is 286. The molecule has 4 nitrogen and oxygen atoms in total. The summed E-state index contributed by atoms with van der Waals surface area (Å²) >= 11 is 0. The van der Waals surface area contributed by atoms with Crippen LogP contribution in [-0.4, -0.2) is 34.7 Å². The number of aryl methyl sites for hydroxylation is 1. The molecular weight excluding hydrogens is 192 g/mol. The first-order valence-corrected chi connectivity index (χ1v) is 5.26. The van der Waals surface area contributed by atoms with Crippen LogP contribution in [0.1, 0.15) is 18.9 Å². The van der Waals surface area contributed by atoms with Gasteiger partial charge in [0.05, 0.1) is 12.3 Å². The number of ether oxygens (including phenoxy) is 1. The molecule has 1 rings (SSSR count). The molecule has 0 saturated heterocycles. The molecular formula is C11H20N2O2. The van der Waals surface area contributed by atoms with Crippen LogP contribution in [0.4, 0.5) is 0 Å². The fraction of sp³-hybridized carbons (Fsp3) is 0.727. The molecule has 0 bridgehead atoms. The van der Waals surface area contributed by atoms with E-state index in [2.05, 4.69) is 12.0 Å². The highest BCUT2D eigenvalue weighted by molar-refractivity contribution is 5.04. The lowest BCUT2D eigenvalue weighted by molar-refractivity contribution is 0.102. The third-order valence-corrected chi connectivity index (χ3v) is 2.36. The van der Waals surface area contributed by atoms with Gasteiger partial charge in [0, 0.05) is 33.4 Å². The van der Waals surface area contributed by atoms with Crippen LogP contribution < -0.4 is 0 Å². The van der Waals surface area contributed by atoms with E-state index in [9.17, 15) is 5.11 Å². The maximum atomic E-state index is 9.82. The van der Waals surface area contributed by atoms with Crippen molar-refractivity contribution in [2.75, 3.05) is 13.7 Å². The molecule has 0 fully saturated rings. The smallest absolute Gasteiger partial charge is 0.0585 e. The quantitative estimate of drug-likeness (QED) is 0.765. The molecule has 1 aromatic heterocycles. The zero-order chi connectivity index (χ0) is 11.3. The molecule has 0 aliphatic carbocycles. The van der Waals surface area contributed by atoms with Gasteiger partial charge in [0.25, 0.3) is 0 Å². The molecule has 0 spiro atoms. The third-order valence-electron chi connectivity index (χ3n) is 2.36. The van der Waals surface area contributed by atoms with Gasteiger partial charge in [-0.15, -0.1) is 0 Å². The standard InChI is InChI=1S/C11H20N2O2/c1-9(8-15-3)4-11(14)5-10-6-12-13(2)7-10/h6-7,9,11,14H,4-5,8H2,1-3H3. The summed E-state index contributed by atoms with van der Waals surface area (Å²) in [5.74, 6) is 0.390. The number of aliphatic hydroxyl groups is 1. The van der Waals surface area contributed by atoms with Gasteiger partial charge in [-0.05, 0) is 17.9 Å². The summed E-state index contributed by atoms with van der Waals surface area (Å²) in [6.45, 7) is 2.78. The predicted molar refractivity (Wildman–Crippen MR) is 58.6 cm³/mol. The van der Waals surface area contributed by atoms with Gasteiger partial charge >= 0.3 is 0 Å². The average Bonchev–Trinajstić information content (AvgIpc) is 2.51. The second-order valence-electron chi connectivity index (χ2n) is 4.18. The van der Waals surface area contributed by atoms with Crippen LogP contribution >= 0.6 is 0 Å². The van der Waals surface area contributed by atoms with E-state index in [1.54, 1.807) is 18.0 Å². The second-order valence-corrected chi connectivity index (χ2v) is 4.18. The molecule has 0 radical (unpaired) electrons. The van der Waals surface area contributed by atoms with Crippen LogP contribution in [0.5, 0.6) is 0 Å². The van der Waals surface area contributed by atoms with Crippen molar-refractivity contribution in [1.29, 1.82) is 0 Å². The lowest BCUT2D eigenvalue weighted by atomic mass is 10.0. The lowest BCUT2D eigenvalue weighted by Gasteiger charge is -2.14. The minimum Gasteiger partial charge on any atom is -0.393 e. The van der Waals surface area contributed by atoms with Crippen molar-refractivity contribution in [3.05, 3.63) is 18.0 Å². The molecule has 2 atom stereocenters. The van der Waals surface area contributed by atoms with Gasteiger partial charge in [0.15, 0.2) is 0 Å². The summed E-state index contributed by atoms with van der Waals surface area (Å²) in [5.41, 5.74) is 1.08. The average molecular weight is 212 g/mol. The monoisotopic (exact) mass is 212 g/mol. The van der Waals surface area contributed by atoms with Crippen LogP contribution in [0.25, 0.3) is 0 Å². The minimum atomic E-state index is -0.306. The maximum absolute atomic E-state index is 9.82. The number of nitrogens with zero attached hydrogens (tertiary/aromatic N) is 2. The topological polar surface area (TPSA) is 47.3 Å². The van der Waals surface area contributed by atoms with Gasteiger partial charge in [-0.3, -0.25) is 4.68 Å². The van der Waals surface area contributed by atoms with Gasteiger partial charge in [0.1, 0.15) is 0 Å². The van der Waals surface area contributed by atoms with E-state index in [1.807, 2.05) is 13.2 Å². The molecule has 15 heavy (non-hydrogen) atoms. The SMILES string of the molecule is COCC(C)CC(O)Cc1cnn(C)c1. The van der Waals surface area contributed by atoms with E-state index in [0.29, 0.717) is 18.9 Å². The van der Waals surface area contributed by atoms with Gasteiger partial charge in [-0.25, -0.2) is 0 Å². The van der Waals surface area contributed by atoms with Crippen molar-refractivity contribution in [2.24, 2.45) is 13.0 Å². The molecule has 1 aromatic rings. The molecule has 4 heteroatoms. The second kappa shape index (κ2) is 5.88. The normalized spacial score (nSPS) is 15.2. The summed E-state index contributed by atoms with van der Waals surface area (Å²) < 4.78 is 6.78. The van der Waals surface area contributed by atoms with Crippen molar-refractivity contribution in [2.45, 2.75) is 25.9 Å². The third kappa shape index (κ3) is 4.44. The Morgan fingerprint density at radius 1 is 1.60 bits per heavy atom. The summed E-state index contributed by atoms with van der Waals surface area (Å²) in [6.07, 6.45) is 4.86. The Balaban J connectivity index is 2.32. The Kier molecular flexibility index (Phi) is 4.78. The molecule has 1 N–H and O–H groups in total. The zero-order valence-electron chi connectivity index (χ0n) is 9.68. The van der Waals surface area contributed by atoms with Gasteiger partial charge in [-0.2, -0.15) is 5.10 Å². The molecule has 2 unspecified atom stereocenters. The summed E-state index contributed by atoms with van der Waals surface area (Å²) in [5, 5.41) is 13.9. The molecule has 0 amide bonds. The van der Waals surface area contributed by atoms with Crippen molar-refractivity contribution in [3.63, 3.8) is 0 Å². The van der Waals surface area contributed by atoms with E-state index < -0.39 is 0 Å². The zero-order valence-corrected chi connectivity index (χ0v) is 9.68. The first kappa shape index (κ1) is 12.2. The number of rotatable bonds is 6. The number of aliphatic hydroxyl groups excluding tert-OH is 1. The molecule has 0 aliphatic rings.